The number of fused-ring (bicyclic) bond motifs is 1. The lowest BCUT2D eigenvalue weighted by molar-refractivity contribution is 0.100. The number of ketones is 1. The van der Waals surface area contributed by atoms with Crippen LogP contribution in [0.3, 0.4) is 0 Å². The normalized spacial score (nSPS) is 12.0. The van der Waals surface area contributed by atoms with E-state index in [0.717, 1.165) is 10.9 Å². The average molecular weight is 248 g/mol. The molecule has 0 aromatic carbocycles. The van der Waals surface area contributed by atoms with Gasteiger partial charge in [0.1, 0.15) is 13.6 Å². The topological polar surface area (TPSA) is 69.1 Å². The van der Waals surface area contributed by atoms with Gasteiger partial charge in [-0.2, -0.15) is 0 Å². The summed E-state index contributed by atoms with van der Waals surface area (Å²) in [6.45, 7) is 6.61. The molecule has 0 amide bonds. The molecular weight excluding hydrogens is 232 g/mol. The molecule has 2 aromatic rings. The lowest BCUT2D eigenvalue weighted by Gasteiger charge is -2.10. The number of hydrogen-bond acceptors (Lipinski definition) is 4. The predicted molar refractivity (Wildman–Crippen MR) is 70.4 cm³/mol. The van der Waals surface area contributed by atoms with Crippen molar-refractivity contribution >= 4 is 30.3 Å². The Morgan fingerprint density at radius 2 is 2.12 bits per heavy atom. The molecule has 0 saturated carbocycles. The maximum absolute atomic E-state index is 11.5. The first-order chi connectivity index (χ1) is 7.91. The quantitative estimate of drug-likeness (QED) is 0.660. The van der Waals surface area contributed by atoms with Crippen LogP contribution in [0.15, 0.2) is 22.7 Å². The molecule has 90 valence electrons. The molecule has 0 fully saturated rings. The van der Waals surface area contributed by atoms with Crippen molar-refractivity contribution in [3.8, 4) is 0 Å². The van der Waals surface area contributed by atoms with Crippen LogP contribution >= 0.6 is 0 Å². The molecule has 0 radical (unpaired) electrons. The van der Waals surface area contributed by atoms with E-state index in [2.05, 4.69) is 24.6 Å². The van der Waals surface area contributed by atoms with Gasteiger partial charge in [0.05, 0.1) is 11.9 Å². The molecule has 0 aliphatic carbocycles. The Bertz CT molecular complexity index is 569. The number of pyridine rings is 1. The van der Waals surface area contributed by atoms with E-state index >= 15 is 0 Å². The Morgan fingerprint density at radius 3 is 2.71 bits per heavy atom. The Morgan fingerprint density at radius 1 is 1.41 bits per heavy atom. The molecule has 0 unspecified atom stereocenters. The maximum Gasteiger partial charge on any atom is 0.178 e. The molecule has 17 heavy (non-hydrogen) atoms. The van der Waals surface area contributed by atoms with Crippen LogP contribution < -0.4 is 11.1 Å². The molecule has 0 aliphatic heterocycles. The minimum absolute atomic E-state index is 0.00519. The van der Waals surface area contributed by atoms with Crippen molar-refractivity contribution in [3.63, 3.8) is 0 Å². The number of hydrogen-bond donors (Lipinski definition) is 1. The van der Waals surface area contributed by atoms with Crippen LogP contribution in [-0.2, 0) is 0 Å². The molecule has 0 spiro atoms. The number of furan rings is 1. The zero-order valence-corrected chi connectivity index (χ0v) is 11.3. The standard InChI is InChI=1S/C12H16N2O2Si/c1-17(2,3)12-5-9-11(16-12)4-8(7-14-9)10(15)6-13/h4-5,7H,6,13H2,1-3H3. The third kappa shape index (κ3) is 2.30. The van der Waals surface area contributed by atoms with Crippen LogP contribution in [0.5, 0.6) is 0 Å². The number of aromatic nitrogens is 1. The highest BCUT2D eigenvalue weighted by Crippen LogP contribution is 2.16. The summed E-state index contributed by atoms with van der Waals surface area (Å²) in [5.74, 6) is -0.120. The van der Waals surface area contributed by atoms with Crippen molar-refractivity contribution < 1.29 is 9.21 Å². The summed E-state index contributed by atoms with van der Waals surface area (Å²) in [6.07, 6.45) is 1.56. The molecular formula is C12H16N2O2Si. The van der Waals surface area contributed by atoms with Gasteiger partial charge in [-0.05, 0) is 6.07 Å². The van der Waals surface area contributed by atoms with Gasteiger partial charge in [0.2, 0.25) is 0 Å². The second-order valence-electron chi connectivity index (χ2n) is 5.10. The van der Waals surface area contributed by atoms with E-state index in [9.17, 15) is 4.79 Å². The highest BCUT2D eigenvalue weighted by atomic mass is 28.3. The lowest BCUT2D eigenvalue weighted by Crippen LogP contribution is -2.36. The van der Waals surface area contributed by atoms with Gasteiger partial charge in [0.25, 0.3) is 0 Å². The molecule has 0 bridgehead atoms. The number of rotatable bonds is 3. The first-order valence-corrected chi connectivity index (χ1v) is 9.05. The minimum atomic E-state index is -1.49. The van der Waals surface area contributed by atoms with Crippen molar-refractivity contribution in [2.24, 2.45) is 5.73 Å². The van der Waals surface area contributed by atoms with Gasteiger partial charge in [0.15, 0.2) is 11.4 Å². The first kappa shape index (κ1) is 12.0. The molecule has 0 atom stereocenters. The molecule has 0 aliphatic rings. The maximum atomic E-state index is 11.5. The Hall–Kier alpha value is -1.46. The van der Waals surface area contributed by atoms with Crippen molar-refractivity contribution in [1.82, 2.24) is 4.98 Å². The van der Waals surface area contributed by atoms with Gasteiger partial charge in [-0.15, -0.1) is 0 Å². The van der Waals surface area contributed by atoms with E-state index in [-0.39, 0.29) is 12.3 Å². The fraction of sp³-hybridized carbons (Fsp3) is 0.333. The first-order valence-electron chi connectivity index (χ1n) is 5.55. The molecule has 2 rings (SSSR count). The fourth-order valence-electron chi connectivity index (χ4n) is 1.56. The van der Waals surface area contributed by atoms with Crippen LogP contribution in [0.2, 0.25) is 19.6 Å². The van der Waals surface area contributed by atoms with Crippen LogP contribution in [0.25, 0.3) is 11.1 Å². The monoisotopic (exact) mass is 248 g/mol. The third-order valence-electron chi connectivity index (χ3n) is 2.62. The van der Waals surface area contributed by atoms with E-state index < -0.39 is 8.07 Å². The highest BCUT2D eigenvalue weighted by Gasteiger charge is 2.22. The minimum Gasteiger partial charge on any atom is -0.465 e. The fourth-order valence-corrected chi connectivity index (χ4v) is 2.54. The highest BCUT2D eigenvalue weighted by molar-refractivity contribution is 6.87. The van der Waals surface area contributed by atoms with Crippen molar-refractivity contribution in [3.05, 3.63) is 23.9 Å². The van der Waals surface area contributed by atoms with Gasteiger partial charge in [-0.25, -0.2) is 0 Å². The SMILES string of the molecule is C[Si](C)(C)c1cc2ncc(C(=O)CN)cc2o1. The number of carbonyl (C=O) groups excluding carboxylic acids is 1. The van der Waals surface area contributed by atoms with Gasteiger partial charge in [0, 0.05) is 17.8 Å². The second-order valence-corrected chi connectivity index (χ2v) is 10.1. The Balaban J connectivity index is 2.52. The van der Waals surface area contributed by atoms with E-state index in [1.807, 2.05) is 6.07 Å². The van der Waals surface area contributed by atoms with Crippen LogP contribution in [0, 0.1) is 0 Å². The van der Waals surface area contributed by atoms with Gasteiger partial charge < -0.3 is 10.2 Å². The van der Waals surface area contributed by atoms with E-state index in [4.69, 9.17) is 10.2 Å². The number of nitrogens with two attached hydrogens (primary N) is 1. The molecule has 4 nitrogen and oxygen atoms in total. The van der Waals surface area contributed by atoms with Crippen molar-refractivity contribution in [2.45, 2.75) is 19.6 Å². The van der Waals surface area contributed by atoms with Crippen molar-refractivity contribution in [2.75, 3.05) is 6.54 Å². The van der Waals surface area contributed by atoms with E-state index in [1.54, 1.807) is 12.3 Å². The summed E-state index contributed by atoms with van der Waals surface area (Å²) in [5.41, 5.74) is 7.30. The smallest absolute Gasteiger partial charge is 0.178 e. The largest absolute Gasteiger partial charge is 0.465 e. The Kier molecular flexibility index (Phi) is 2.88. The second kappa shape index (κ2) is 4.08. The zero-order chi connectivity index (χ0) is 12.6. The summed E-state index contributed by atoms with van der Waals surface area (Å²) < 4.78 is 5.77. The molecule has 5 heteroatoms. The van der Waals surface area contributed by atoms with Gasteiger partial charge >= 0.3 is 0 Å². The summed E-state index contributed by atoms with van der Waals surface area (Å²) in [5, 5.41) is 0.998. The third-order valence-corrected chi connectivity index (χ3v) is 4.34. The summed E-state index contributed by atoms with van der Waals surface area (Å²) in [4.78, 5) is 15.7. The van der Waals surface area contributed by atoms with Gasteiger partial charge in [-0.1, -0.05) is 19.6 Å². The molecule has 2 N–H and O–H groups in total. The van der Waals surface area contributed by atoms with Crippen LogP contribution in [-0.4, -0.2) is 25.4 Å². The number of carbonyl (C=O) groups is 1. The zero-order valence-electron chi connectivity index (χ0n) is 10.3. The molecule has 0 saturated heterocycles. The van der Waals surface area contributed by atoms with E-state index in [1.165, 1.54) is 0 Å². The summed E-state index contributed by atoms with van der Waals surface area (Å²) in [7, 11) is -1.49. The lowest BCUT2D eigenvalue weighted by atomic mass is 10.2. The summed E-state index contributed by atoms with van der Waals surface area (Å²) in [6, 6.07) is 3.69. The predicted octanol–water partition coefficient (Wildman–Crippen LogP) is 1.51. The van der Waals surface area contributed by atoms with Crippen LogP contribution in [0.1, 0.15) is 10.4 Å². The average Bonchev–Trinajstić information content (AvgIpc) is 2.70. The van der Waals surface area contributed by atoms with Crippen LogP contribution in [0.4, 0.5) is 0 Å². The molecule has 2 heterocycles. The number of Topliss-reactive ketones (excluding diaryl/α,β-unsaturated/α-hetero) is 1. The summed E-state index contributed by atoms with van der Waals surface area (Å²) >= 11 is 0. The van der Waals surface area contributed by atoms with E-state index in [0.29, 0.717) is 11.1 Å². The Labute approximate surface area is 101 Å². The molecule has 2 aromatic heterocycles. The van der Waals surface area contributed by atoms with Crippen molar-refractivity contribution in [1.29, 1.82) is 0 Å². The number of nitrogens with zero attached hydrogens (tertiary/aromatic N) is 1. The van der Waals surface area contributed by atoms with Gasteiger partial charge in [-0.3, -0.25) is 9.78 Å².